The average molecular weight is 358 g/mol. The van der Waals surface area contributed by atoms with Gasteiger partial charge in [-0.1, -0.05) is 43.5 Å². The Morgan fingerprint density at radius 3 is 2.58 bits per heavy atom. The lowest BCUT2D eigenvalue weighted by molar-refractivity contribution is -0.134. The molecule has 1 saturated carbocycles. The summed E-state index contributed by atoms with van der Waals surface area (Å²) >= 11 is 0. The van der Waals surface area contributed by atoms with Crippen LogP contribution in [0.3, 0.4) is 0 Å². The van der Waals surface area contributed by atoms with Crippen LogP contribution in [0.1, 0.15) is 37.7 Å². The molecule has 1 aliphatic heterocycles. The summed E-state index contributed by atoms with van der Waals surface area (Å²) in [5.41, 5.74) is 1.09. The van der Waals surface area contributed by atoms with Gasteiger partial charge < -0.3 is 14.7 Å². The van der Waals surface area contributed by atoms with Crippen molar-refractivity contribution in [2.75, 3.05) is 33.3 Å². The van der Waals surface area contributed by atoms with E-state index in [0.29, 0.717) is 32.2 Å². The molecule has 0 aromatic heterocycles. The van der Waals surface area contributed by atoms with E-state index in [4.69, 9.17) is 4.74 Å². The number of ether oxygens (including phenoxy) is 1. The lowest BCUT2D eigenvalue weighted by Crippen LogP contribution is -2.45. The molecular weight excluding hydrogens is 328 g/mol. The van der Waals surface area contributed by atoms with E-state index in [-0.39, 0.29) is 5.91 Å². The van der Waals surface area contributed by atoms with Gasteiger partial charge in [0.05, 0.1) is 19.8 Å². The van der Waals surface area contributed by atoms with Gasteiger partial charge in [0, 0.05) is 25.7 Å². The third-order valence-electron chi connectivity index (χ3n) is 5.36. The predicted molar refractivity (Wildman–Crippen MR) is 103 cm³/mol. The fraction of sp³-hybridized carbons (Fsp3) is 0.571. The van der Waals surface area contributed by atoms with Crippen LogP contribution in [0.5, 0.6) is 5.75 Å². The van der Waals surface area contributed by atoms with Crippen molar-refractivity contribution in [3.63, 3.8) is 0 Å². The van der Waals surface area contributed by atoms with Gasteiger partial charge in [0.1, 0.15) is 5.75 Å². The van der Waals surface area contributed by atoms with Crippen molar-refractivity contribution in [3.05, 3.63) is 35.9 Å². The Labute approximate surface area is 156 Å². The normalized spacial score (nSPS) is 23.4. The van der Waals surface area contributed by atoms with Crippen LogP contribution in [-0.2, 0) is 4.79 Å². The highest BCUT2D eigenvalue weighted by molar-refractivity contribution is 5.79. The Kier molecular flexibility index (Phi) is 6.69. The molecule has 0 bridgehead atoms. The lowest BCUT2D eigenvalue weighted by atomic mass is 9.94. The van der Waals surface area contributed by atoms with Gasteiger partial charge in [0.25, 0.3) is 0 Å². The van der Waals surface area contributed by atoms with Crippen molar-refractivity contribution in [2.45, 2.75) is 44.2 Å². The molecule has 1 aromatic rings. The molecule has 26 heavy (non-hydrogen) atoms. The number of nitrogens with zero attached hydrogens (tertiary/aromatic N) is 2. The summed E-state index contributed by atoms with van der Waals surface area (Å²) in [5, 5.41) is 10.4. The van der Waals surface area contributed by atoms with Crippen molar-refractivity contribution in [3.8, 4) is 5.75 Å². The van der Waals surface area contributed by atoms with Crippen LogP contribution in [0, 0.1) is 0 Å². The molecule has 0 spiro atoms. The first-order valence-corrected chi connectivity index (χ1v) is 9.66. The van der Waals surface area contributed by atoms with Crippen molar-refractivity contribution in [1.82, 2.24) is 9.80 Å². The third-order valence-corrected chi connectivity index (χ3v) is 5.36. The number of carbonyl (C=O) groups excluding carboxylic acids is 1. The molecular formula is C21H30N2O3. The molecule has 3 rings (SSSR count). The number of amides is 1. The second-order valence-electron chi connectivity index (χ2n) is 7.36. The molecule has 142 valence electrons. The summed E-state index contributed by atoms with van der Waals surface area (Å²) in [6, 6.07) is 8.19. The van der Waals surface area contributed by atoms with Crippen molar-refractivity contribution in [2.24, 2.45) is 0 Å². The van der Waals surface area contributed by atoms with Gasteiger partial charge >= 0.3 is 0 Å². The maximum absolute atomic E-state index is 12.7. The van der Waals surface area contributed by atoms with E-state index in [0.717, 1.165) is 24.2 Å². The van der Waals surface area contributed by atoms with Crippen molar-refractivity contribution in [1.29, 1.82) is 0 Å². The molecule has 1 heterocycles. The maximum Gasteiger partial charge on any atom is 0.237 e. The average Bonchev–Trinajstić information content (AvgIpc) is 2.81. The minimum atomic E-state index is -0.474. The van der Waals surface area contributed by atoms with Gasteiger partial charge in [-0.2, -0.15) is 0 Å². The fourth-order valence-corrected chi connectivity index (χ4v) is 3.97. The van der Waals surface area contributed by atoms with Crippen LogP contribution >= 0.6 is 0 Å². The number of β-amino-alcohol motifs (C(OH)–C–C–N with tert-alkyl or cyclic N) is 1. The van der Waals surface area contributed by atoms with Crippen LogP contribution in [0.25, 0.3) is 6.08 Å². The molecule has 5 heteroatoms. The number of methoxy groups -OCH3 is 1. The summed E-state index contributed by atoms with van der Waals surface area (Å²) in [6.45, 7) is 2.07. The van der Waals surface area contributed by atoms with Gasteiger partial charge in [-0.15, -0.1) is 0 Å². The molecule has 2 aliphatic rings. The molecule has 1 N–H and O–H groups in total. The smallest absolute Gasteiger partial charge is 0.237 e. The summed E-state index contributed by atoms with van der Waals surface area (Å²) in [5.74, 6) is 0.998. The van der Waals surface area contributed by atoms with Gasteiger partial charge in [-0.05, 0) is 30.5 Å². The molecule has 2 fully saturated rings. The van der Waals surface area contributed by atoms with E-state index in [1.165, 1.54) is 19.3 Å². The minimum absolute atomic E-state index is 0.159. The zero-order chi connectivity index (χ0) is 18.4. The van der Waals surface area contributed by atoms with E-state index in [9.17, 15) is 9.90 Å². The second kappa shape index (κ2) is 9.19. The number of carbonyl (C=O) groups is 1. The van der Waals surface area contributed by atoms with Crippen LogP contribution in [0.15, 0.2) is 30.3 Å². The Morgan fingerprint density at radius 1 is 1.15 bits per heavy atom. The summed E-state index contributed by atoms with van der Waals surface area (Å²) in [4.78, 5) is 16.7. The SMILES string of the molecule is COc1ccc(/C=C/CN2CC(=O)N(C3CCCCC3)C[C@H](O)C2)cc1. The predicted octanol–water partition coefficient (Wildman–Crippen LogP) is 2.55. The van der Waals surface area contributed by atoms with E-state index in [2.05, 4.69) is 6.08 Å². The van der Waals surface area contributed by atoms with Crippen LogP contribution in [0.4, 0.5) is 0 Å². The molecule has 0 unspecified atom stereocenters. The summed E-state index contributed by atoms with van der Waals surface area (Å²) in [7, 11) is 1.66. The molecule has 5 nitrogen and oxygen atoms in total. The third kappa shape index (κ3) is 5.08. The first kappa shape index (κ1) is 18.9. The van der Waals surface area contributed by atoms with E-state index in [1.807, 2.05) is 40.1 Å². The van der Waals surface area contributed by atoms with Crippen molar-refractivity contribution >= 4 is 12.0 Å². The quantitative estimate of drug-likeness (QED) is 0.879. The fourth-order valence-electron chi connectivity index (χ4n) is 3.97. The number of aliphatic hydroxyl groups is 1. The van der Waals surface area contributed by atoms with Crippen molar-refractivity contribution < 1.29 is 14.6 Å². The molecule has 1 saturated heterocycles. The van der Waals surface area contributed by atoms with Crippen LogP contribution < -0.4 is 4.74 Å². The van der Waals surface area contributed by atoms with Crippen LogP contribution in [-0.4, -0.2) is 66.2 Å². The van der Waals surface area contributed by atoms with E-state index >= 15 is 0 Å². The van der Waals surface area contributed by atoms with Gasteiger partial charge in [-0.25, -0.2) is 0 Å². The zero-order valence-electron chi connectivity index (χ0n) is 15.6. The number of rotatable bonds is 5. The van der Waals surface area contributed by atoms with Gasteiger partial charge in [-0.3, -0.25) is 9.69 Å². The Balaban J connectivity index is 1.56. The number of hydrogen-bond donors (Lipinski definition) is 1. The largest absolute Gasteiger partial charge is 0.497 e. The summed E-state index contributed by atoms with van der Waals surface area (Å²) in [6.07, 6.45) is 9.43. The second-order valence-corrected chi connectivity index (χ2v) is 7.36. The standard InChI is InChI=1S/C21H30N2O3/c1-26-20-11-9-17(10-12-20)6-5-13-22-14-19(24)15-23(21(25)16-22)18-7-3-2-4-8-18/h5-6,9-12,18-19,24H,2-4,7-8,13-16H2,1H3/b6-5+/t19-/m1/s1. The topological polar surface area (TPSA) is 53.0 Å². The van der Waals surface area contributed by atoms with E-state index < -0.39 is 6.10 Å². The van der Waals surface area contributed by atoms with Crippen LogP contribution in [0.2, 0.25) is 0 Å². The van der Waals surface area contributed by atoms with Gasteiger partial charge in [0.2, 0.25) is 5.91 Å². The summed E-state index contributed by atoms with van der Waals surface area (Å²) < 4.78 is 5.16. The maximum atomic E-state index is 12.7. The molecule has 1 atom stereocenters. The Morgan fingerprint density at radius 2 is 1.88 bits per heavy atom. The number of aliphatic hydroxyl groups excluding tert-OH is 1. The van der Waals surface area contributed by atoms with E-state index in [1.54, 1.807) is 7.11 Å². The molecule has 1 aromatic carbocycles. The highest BCUT2D eigenvalue weighted by atomic mass is 16.5. The van der Waals surface area contributed by atoms with Gasteiger partial charge in [0.15, 0.2) is 0 Å². The molecule has 1 amide bonds. The Bertz CT molecular complexity index is 608. The highest BCUT2D eigenvalue weighted by Crippen LogP contribution is 2.24. The first-order valence-electron chi connectivity index (χ1n) is 9.66. The lowest BCUT2D eigenvalue weighted by Gasteiger charge is -2.34. The Hall–Kier alpha value is -1.85. The zero-order valence-corrected chi connectivity index (χ0v) is 15.6. The number of benzene rings is 1. The monoisotopic (exact) mass is 358 g/mol. The number of hydrogen-bond acceptors (Lipinski definition) is 4. The highest BCUT2D eigenvalue weighted by Gasteiger charge is 2.31. The molecule has 1 aliphatic carbocycles. The molecule has 0 radical (unpaired) electrons. The first-order chi connectivity index (χ1) is 12.7. The minimum Gasteiger partial charge on any atom is -0.497 e.